The Morgan fingerprint density at radius 3 is 2.64 bits per heavy atom. The smallest absolute Gasteiger partial charge is 0.253 e. The number of hydrogen-bond acceptors (Lipinski definition) is 3. The van der Waals surface area contributed by atoms with E-state index in [9.17, 15) is 9.59 Å². The molecule has 134 valence electrons. The molecule has 0 spiro atoms. The zero-order valence-electron chi connectivity index (χ0n) is 13.7. The summed E-state index contributed by atoms with van der Waals surface area (Å²) in [5, 5.41) is 3.56. The number of rotatable bonds is 6. The molecule has 5 nitrogen and oxygen atoms in total. The summed E-state index contributed by atoms with van der Waals surface area (Å²) in [4.78, 5) is 24.5. The van der Waals surface area contributed by atoms with E-state index >= 15 is 0 Å². The lowest BCUT2D eigenvalue weighted by molar-refractivity contribution is 0.0932. The molecule has 25 heavy (non-hydrogen) atoms. The standard InChI is InChI=1S/C18H20ClN3O2.ClH/c19-15-4-2-1-3-13(15)10-22-11-14(7-8-17(22)23)18(24)21-16(9-20)12-5-6-12;/h1-4,7-8,11-12,16H,5-6,9-10,20H2,(H,21,24);1H. The van der Waals surface area contributed by atoms with E-state index in [0.717, 1.165) is 18.4 Å². The van der Waals surface area contributed by atoms with E-state index < -0.39 is 0 Å². The Hall–Kier alpha value is -1.82. The Morgan fingerprint density at radius 1 is 1.28 bits per heavy atom. The second kappa shape index (κ2) is 8.52. The number of aromatic nitrogens is 1. The van der Waals surface area contributed by atoms with Crippen LogP contribution < -0.4 is 16.6 Å². The SMILES string of the molecule is Cl.NCC(NC(=O)c1ccc(=O)n(Cc2ccccc2Cl)c1)C1CC1. The lowest BCUT2D eigenvalue weighted by atomic mass is 10.1. The van der Waals surface area contributed by atoms with Gasteiger partial charge in [-0.25, -0.2) is 0 Å². The van der Waals surface area contributed by atoms with Crippen LogP contribution in [-0.2, 0) is 6.54 Å². The van der Waals surface area contributed by atoms with Gasteiger partial charge in [0.15, 0.2) is 0 Å². The molecule has 1 saturated carbocycles. The largest absolute Gasteiger partial charge is 0.348 e. The average Bonchev–Trinajstić information content (AvgIpc) is 3.41. The van der Waals surface area contributed by atoms with Crippen molar-refractivity contribution in [2.45, 2.75) is 25.4 Å². The van der Waals surface area contributed by atoms with Gasteiger partial charge in [-0.15, -0.1) is 12.4 Å². The highest BCUT2D eigenvalue weighted by Gasteiger charge is 2.31. The number of pyridine rings is 1. The van der Waals surface area contributed by atoms with Gasteiger partial charge in [-0.1, -0.05) is 29.8 Å². The number of benzene rings is 1. The highest BCUT2D eigenvalue weighted by Crippen LogP contribution is 2.32. The summed E-state index contributed by atoms with van der Waals surface area (Å²) in [5.74, 6) is 0.276. The number of amides is 1. The highest BCUT2D eigenvalue weighted by molar-refractivity contribution is 6.31. The molecule has 1 unspecified atom stereocenters. The van der Waals surface area contributed by atoms with Gasteiger partial charge in [-0.3, -0.25) is 9.59 Å². The monoisotopic (exact) mass is 381 g/mol. The molecule has 1 atom stereocenters. The van der Waals surface area contributed by atoms with Gasteiger partial charge in [0.2, 0.25) is 0 Å². The molecule has 0 radical (unpaired) electrons. The Bertz CT molecular complexity index is 803. The van der Waals surface area contributed by atoms with Gasteiger partial charge in [-0.2, -0.15) is 0 Å². The lowest BCUT2D eigenvalue weighted by Gasteiger charge is -2.16. The molecular formula is C18H21Cl2N3O2. The van der Waals surface area contributed by atoms with Crippen LogP contribution in [0.4, 0.5) is 0 Å². The van der Waals surface area contributed by atoms with Gasteiger partial charge in [0, 0.05) is 29.9 Å². The summed E-state index contributed by atoms with van der Waals surface area (Å²) in [7, 11) is 0. The number of nitrogens with zero attached hydrogens (tertiary/aromatic N) is 1. The Kier molecular flexibility index (Phi) is 6.64. The molecular weight excluding hydrogens is 361 g/mol. The third kappa shape index (κ3) is 4.84. The van der Waals surface area contributed by atoms with Crippen LogP contribution in [0.15, 0.2) is 47.4 Å². The van der Waals surface area contributed by atoms with E-state index in [1.54, 1.807) is 18.3 Å². The zero-order valence-corrected chi connectivity index (χ0v) is 15.2. The summed E-state index contributed by atoms with van der Waals surface area (Å²) < 4.78 is 1.49. The summed E-state index contributed by atoms with van der Waals surface area (Å²) in [6.07, 6.45) is 3.78. The van der Waals surface area contributed by atoms with Crippen molar-refractivity contribution in [1.29, 1.82) is 0 Å². The van der Waals surface area contributed by atoms with E-state index in [0.29, 0.717) is 29.6 Å². The average molecular weight is 382 g/mol. The van der Waals surface area contributed by atoms with Crippen molar-refractivity contribution in [3.05, 3.63) is 69.1 Å². The van der Waals surface area contributed by atoms with Crippen LogP contribution >= 0.6 is 24.0 Å². The molecule has 0 aliphatic heterocycles. The lowest BCUT2D eigenvalue weighted by Crippen LogP contribution is -2.42. The molecule has 1 aromatic carbocycles. The van der Waals surface area contributed by atoms with E-state index in [2.05, 4.69) is 5.32 Å². The van der Waals surface area contributed by atoms with Gasteiger partial charge in [0.25, 0.3) is 11.5 Å². The van der Waals surface area contributed by atoms with Crippen LogP contribution in [0.1, 0.15) is 28.8 Å². The van der Waals surface area contributed by atoms with E-state index in [1.165, 1.54) is 10.6 Å². The first kappa shape index (κ1) is 19.5. The van der Waals surface area contributed by atoms with Crippen molar-refractivity contribution < 1.29 is 4.79 Å². The Labute approximate surface area is 157 Å². The Morgan fingerprint density at radius 2 is 2.00 bits per heavy atom. The van der Waals surface area contributed by atoms with Crippen LogP contribution in [0, 0.1) is 5.92 Å². The van der Waals surface area contributed by atoms with Crippen LogP contribution in [0.3, 0.4) is 0 Å². The number of carbonyl (C=O) groups excluding carboxylic acids is 1. The fourth-order valence-corrected chi connectivity index (χ4v) is 2.91. The molecule has 0 saturated heterocycles. The summed E-state index contributed by atoms with van der Waals surface area (Å²) in [6, 6.07) is 10.3. The summed E-state index contributed by atoms with van der Waals surface area (Å²) >= 11 is 6.15. The molecule has 3 rings (SSSR count). The maximum absolute atomic E-state index is 12.4. The maximum Gasteiger partial charge on any atom is 0.253 e. The van der Waals surface area contributed by atoms with Crippen molar-refractivity contribution in [3.8, 4) is 0 Å². The summed E-state index contributed by atoms with van der Waals surface area (Å²) in [5.41, 5.74) is 6.83. The number of halogens is 2. The van der Waals surface area contributed by atoms with Gasteiger partial charge < -0.3 is 15.6 Å². The number of nitrogens with two attached hydrogens (primary N) is 1. The first-order valence-corrected chi connectivity index (χ1v) is 8.41. The highest BCUT2D eigenvalue weighted by atomic mass is 35.5. The number of hydrogen-bond donors (Lipinski definition) is 2. The third-order valence-corrected chi connectivity index (χ3v) is 4.67. The fourth-order valence-electron chi connectivity index (χ4n) is 2.72. The van der Waals surface area contributed by atoms with Crippen LogP contribution in [-0.4, -0.2) is 23.1 Å². The number of carbonyl (C=O) groups is 1. The molecule has 1 amide bonds. The van der Waals surface area contributed by atoms with Crippen molar-refractivity contribution in [2.24, 2.45) is 11.7 Å². The first-order valence-electron chi connectivity index (χ1n) is 8.03. The molecule has 1 fully saturated rings. The second-order valence-corrected chi connectivity index (χ2v) is 6.54. The van der Waals surface area contributed by atoms with Crippen LogP contribution in [0.2, 0.25) is 5.02 Å². The van der Waals surface area contributed by atoms with E-state index in [-0.39, 0.29) is 29.9 Å². The molecule has 1 heterocycles. The molecule has 0 bridgehead atoms. The Balaban J connectivity index is 0.00000225. The number of nitrogens with one attached hydrogen (secondary N) is 1. The van der Waals surface area contributed by atoms with Crippen LogP contribution in [0.25, 0.3) is 0 Å². The van der Waals surface area contributed by atoms with E-state index in [4.69, 9.17) is 17.3 Å². The predicted molar refractivity (Wildman–Crippen MR) is 102 cm³/mol. The van der Waals surface area contributed by atoms with Crippen molar-refractivity contribution in [3.63, 3.8) is 0 Å². The van der Waals surface area contributed by atoms with Crippen molar-refractivity contribution in [1.82, 2.24) is 9.88 Å². The van der Waals surface area contributed by atoms with Crippen LogP contribution in [0.5, 0.6) is 0 Å². The third-order valence-electron chi connectivity index (χ3n) is 4.31. The van der Waals surface area contributed by atoms with Gasteiger partial charge in [-0.05, 0) is 36.5 Å². The zero-order chi connectivity index (χ0) is 17.1. The minimum Gasteiger partial charge on any atom is -0.348 e. The molecule has 3 N–H and O–H groups in total. The van der Waals surface area contributed by atoms with Gasteiger partial charge >= 0.3 is 0 Å². The van der Waals surface area contributed by atoms with Gasteiger partial charge in [0.1, 0.15) is 0 Å². The van der Waals surface area contributed by atoms with Crippen molar-refractivity contribution >= 4 is 29.9 Å². The quantitative estimate of drug-likeness (QED) is 0.806. The normalized spacial score (nSPS) is 14.5. The topological polar surface area (TPSA) is 77.1 Å². The van der Waals surface area contributed by atoms with E-state index in [1.807, 2.05) is 18.2 Å². The molecule has 7 heteroatoms. The molecule has 1 aliphatic rings. The molecule has 2 aromatic rings. The van der Waals surface area contributed by atoms with Crippen molar-refractivity contribution in [2.75, 3.05) is 6.54 Å². The molecule has 1 aromatic heterocycles. The minimum absolute atomic E-state index is 0. The first-order chi connectivity index (χ1) is 11.6. The maximum atomic E-state index is 12.4. The fraction of sp³-hybridized carbons (Fsp3) is 0.333. The molecule has 1 aliphatic carbocycles. The predicted octanol–water partition coefficient (Wildman–Crippen LogP) is 2.44. The minimum atomic E-state index is -0.203. The second-order valence-electron chi connectivity index (χ2n) is 6.13. The summed E-state index contributed by atoms with van der Waals surface area (Å²) in [6.45, 7) is 0.748. The van der Waals surface area contributed by atoms with Gasteiger partial charge in [0.05, 0.1) is 12.1 Å².